The quantitative estimate of drug-likeness (QED) is 0.635. The Bertz CT molecular complexity index is 1060. The van der Waals surface area contributed by atoms with Gasteiger partial charge >= 0.3 is 0 Å². The van der Waals surface area contributed by atoms with Crippen LogP contribution in [0.4, 0.5) is 5.95 Å². The Morgan fingerprint density at radius 1 is 1.13 bits per heavy atom. The van der Waals surface area contributed by atoms with Crippen LogP contribution in [0.1, 0.15) is 40.5 Å². The van der Waals surface area contributed by atoms with Gasteiger partial charge < -0.3 is 19.9 Å². The van der Waals surface area contributed by atoms with E-state index in [2.05, 4.69) is 58.1 Å². The van der Waals surface area contributed by atoms with E-state index >= 15 is 0 Å². The number of anilines is 1. The van der Waals surface area contributed by atoms with Gasteiger partial charge in [0.1, 0.15) is 22.9 Å². The second-order valence-electron chi connectivity index (χ2n) is 9.51. The highest BCUT2D eigenvalue weighted by molar-refractivity contribution is 6.29. The zero-order valence-corrected chi connectivity index (χ0v) is 19.2. The third-order valence-corrected chi connectivity index (χ3v) is 5.88. The van der Waals surface area contributed by atoms with Crippen molar-refractivity contribution in [2.24, 2.45) is 0 Å². The average Bonchev–Trinajstić information content (AvgIpc) is 3.11. The lowest BCUT2D eigenvalue weighted by molar-refractivity contribution is 0.160. The zero-order chi connectivity index (χ0) is 22.4. The van der Waals surface area contributed by atoms with Crippen LogP contribution in [0.5, 0.6) is 5.75 Å². The van der Waals surface area contributed by atoms with Gasteiger partial charge in [0, 0.05) is 42.0 Å². The van der Waals surface area contributed by atoms with Crippen molar-refractivity contribution in [2.75, 3.05) is 11.9 Å². The number of nitrogens with one attached hydrogen (secondary N) is 1. The predicted octanol–water partition coefficient (Wildman–Crippen LogP) is 3.83. The van der Waals surface area contributed by atoms with Crippen molar-refractivity contribution in [3.8, 4) is 22.7 Å². The largest absolute Gasteiger partial charge is 0.507 e. The molecule has 0 bridgehead atoms. The van der Waals surface area contributed by atoms with E-state index in [4.69, 9.17) is 11.6 Å². The van der Waals surface area contributed by atoms with Crippen LogP contribution < -0.4 is 10.2 Å². The van der Waals surface area contributed by atoms with Gasteiger partial charge in [0.15, 0.2) is 0 Å². The van der Waals surface area contributed by atoms with Crippen LogP contribution in [0.15, 0.2) is 36.9 Å². The summed E-state index contributed by atoms with van der Waals surface area (Å²) < 4.78 is 1.73. The van der Waals surface area contributed by atoms with Crippen molar-refractivity contribution in [1.29, 1.82) is 0 Å². The lowest BCUT2D eigenvalue weighted by Gasteiger charge is -2.48. The third-order valence-electron chi connectivity index (χ3n) is 5.69. The standard InChI is InChI=1S/C22H28ClN7O/c1-21(2)9-15(10-22(3,4)28-21)29(5)20-24-11-17(26-27-20)16-7-6-14(8-18(16)31)30-12-19(23)25-13-30/h6-8,11-13,15,28,31H,9-10H2,1-5H3. The van der Waals surface area contributed by atoms with Gasteiger partial charge in [-0.05, 0) is 52.7 Å². The zero-order valence-electron chi connectivity index (χ0n) is 18.5. The number of phenolic OH excluding ortho intramolecular Hbond substituents is 1. The molecule has 31 heavy (non-hydrogen) atoms. The van der Waals surface area contributed by atoms with E-state index in [0.29, 0.717) is 28.4 Å². The second kappa shape index (κ2) is 7.76. The first kappa shape index (κ1) is 21.5. The van der Waals surface area contributed by atoms with Gasteiger partial charge in [-0.15, -0.1) is 10.2 Å². The van der Waals surface area contributed by atoms with Crippen LogP contribution in [0.3, 0.4) is 0 Å². The monoisotopic (exact) mass is 441 g/mol. The van der Waals surface area contributed by atoms with Gasteiger partial charge in [0.05, 0.1) is 11.9 Å². The minimum absolute atomic E-state index is 0.0288. The van der Waals surface area contributed by atoms with Crippen molar-refractivity contribution in [3.63, 3.8) is 0 Å². The van der Waals surface area contributed by atoms with E-state index < -0.39 is 0 Å². The number of nitrogens with zero attached hydrogens (tertiary/aromatic N) is 6. The summed E-state index contributed by atoms with van der Waals surface area (Å²) >= 11 is 5.88. The van der Waals surface area contributed by atoms with E-state index in [1.54, 1.807) is 35.4 Å². The fraction of sp³-hybridized carbons (Fsp3) is 0.455. The molecular formula is C22H28ClN7O. The first-order valence-corrected chi connectivity index (χ1v) is 10.7. The van der Waals surface area contributed by atoms with Gasteiger partial charge in [-0.25, -0.2) is 9.97 Å². The summed E-state index contributed by atoms with van der Waals surface area (Å²) in [5.74, 6) is 0.660. The van der Waals surface area contributed by atoms with Crippen LogP contribution in [0.2, 0.25) is 5.15 Å². The fourth-order valence-electron chi connectivity index (χ4n) is 4.60. The molecule has 164 valence electrons. The van der Waals surface area contributed by atoms with Crippen molar-refractivity contribution >= 4 is 17.5 Å². The maximum atomic E-state index is 10.5. The number of phenols is 1. The minimum Gasteiger partial charge on any atom is -0.507 e. The number of benzene rings is 1. The predicted molar refractivity (Wildman–Crippen MR) is 122 cm³/mol. The molecule has 0 aliphatic carbocycles. The normalized spacial score (nSPS) is 18.1. The molecule has 8 nitrogen and oxygen atoms in total. The summed E-state index contributed by atoms with van der Waals surface area (Å²) in [4.78, 5) is 10.6. The number of halogens is 1. The van der Waals surface area contributed by atoms with Gasteiger partial charge in [-0.3, -0.25) is 0 Å². The summed E-state index contributed by atoms with van der Waals surface area (Å²) in [7, 11) is 2.02. The Kier molecular flexibility index (Phi) is 5.39. The molecule has 1 aliphatic rings. The molecule has 4 rings (SSSR count). The summed E-state index contributed by atoms with van der Waals surface area (Å²) in [6.07, 6.45) is 6.88. The lowest BCUT2D eigenvalue weighted by atomic mass is 9.79. The highest BCUT2D eigenvalue weighted by atomic mass is 35.5. The molecule has 1 aromatic carbocycles. The second-order valence-corrected chi connectivity index (χ2v) is 9.90. The van der Waals surface area contributed by atoms with Gasteiger partial charge in [0.25, 0.3) is 0 Å². The first-order valence-electron chi connectivity index (χ1n) is 10.3. The SMILES string of the molecule is CN(c1ncc(-c2ccc(-n3cnc(Cl)c3)cc2O)nn1)C1CC(C)(C)NC(C)(C)C1. The molecule has 0 atom stereocenters. The Labute approximate surface area is 187 Å². The van der Waals surface area contributed by atoms with E-state index in [-0.39, 0.29) is 16.8 Å². The lowest BCUT2D eigenvalue weighted by Crippen LogP contribution is -2.62. The Hall–Kier alpha value is -2.71. The third kappa shape index (κ3) is 4.65. The van der Waals surface area contributed by atoms with Crippen molar-refractivity contribution in [1.82, 2.24) is 30.0 Å². The average molecular weight is 442 g/mol. The van der Waals surface area contributed by atoms with E-state index in [0.717, 1.165) is 18.5 Å². The number of rotatable bonds is 4. The van der Waals surface area contributed by atoms with E-state index in [1.165, 1.54) is 0 Å². The molecule has 0 amide bonds. The molecule has 1 fully saturated rings. The molecule has 1 aliphatic heterocycles. The highest BCUT2D eigenvalue weighted by Crippen LogP contribution is 2.33. The molecule has 3 heterocycles. The summed E-state index contributed by atoms with van der Waals surface area (Å²) in [6, 6.07) is 5.57. The smallest absolute Gasteiger partial charge is 0.245 e. The number of hydrogen-bond acceptors (Lipinski definition) is 7. The van der Waals surface area contributed by atoms with E-state index in [9.17, 15) is 5.11 Å². The maximum absolute atomic E-state index is 10.5. The van der Waals surface area contributed by atoms with Crippen molar-refractivity contribution in [2.45, 2.75) is 57.7 Å². The number of aromatic hydroxyl groups is 1. The van der Waals surface area contributed by atoms with Crippen molar-refractivity contribution in [3.05, 3.63) is 42.1 Å². The molecule has 1 saturated heterocycles. The maximum Gasteiger partial charge on any atom is 0.245 e. The summed E-state index contributed by atoms with van der Waals surface area (Å²) in [5, 5.41) is 23.3. The molecule has 0 radical (unpaired) electrons. The highest BCUT2D eigenvalue weighted by Gasteiger charge is 2.39. The number of hydrogen-bond donors (Lipinski definition) is 2. The minimum atomic E-state index is 0.0288. The summed E-state index contributed by atoms with van der Waals surface area (Å²) in [6.45, 7) is 8.89. The summed E-state index contributed by atoms with van der Waals surface area (Å²) in [5.41, 5.74) is 1.88. The number of imidazole rings is 1. The van der Waals surface area contributed by atoms with Gasteiger partial charge in [-0.1, -0.05) is 11.6 Å². The Morgan fingerprint density at radius 2 is 1.84 bits per heavy atom. The van der Waals surface area contributed by atoms with Crippen LogP contribution in [-0.4, -0.2) is 54.0 Å². The van der Waals surface area contributed by atoms with Crippen LogP contribution in [-0.2, 0) is 0 Å². The molecule has 2 aromatic heterocycles. The van der Waals surface area contributed by atoms with E-state index in [1.807, 2.05) is 13.1 Å². The molecule has 2 N–H and O–H groups in total. The Balaban J connectivity index is 1.54. The Morgan fingerprint density at radius 3 is 2.39 bits per heavy atom. The molecule has 9 heteroatoms. The number of piperidine rings is 1. The topological polar surface area (TPSA) is 92.0 Å². The fourth-order valence-corrected chi connectivity index (χ4v) is 4.75. The van der Waals surface area contributed by atoms with Gasteiger partial charge in [0.2, 0.25) is 5.95 Å². The van der Waals surface area contributed by atoms with Crippen molar-refractivity contribution < 1.29 is 5.11 Å². The van der Waals surface area contributed by atoms with Crippen LogP contribution in [0, 0.1) is 0 Å². The molecule has 0 spiro atoms. The number of aromatic nitrogens is 5. The first-order chi connectivity index (χ1) is 14.5. The van der Waals surface area contributed by atoms with Crippen LogP contribution in [0.25, 0.3) is 16.9 Å². The molecular weight excluding hydrogens is 414 g/mol. The van der Waals surface area contributed by atoms with Gasteiger partial charge in [-0.2, -0.15) is 0 Å². The molecule has 0 unspecified atom stereocenters. The molecule has 3 aromatic rings. The van der Waals surface area contributed by atoms with Crippen LogP contribution >= 0.6 is 11.6 Å². The molecule has 0 saturated carbocycles.